The first-order valence-corrected chi connectivity index (χ1v) is 11.7. The Hall–Kier alpha value is -2.51. The number of anilines is 1. The summed E-state index contributed by atoms with van der Waals surface area (Å²) < 4.78 is 1.88. The molecule has 1 amide bonds. The van der Waals surface area contributed by atoms with E-state index in [1.165, 1.54) is 11.8 Å². The standard InChI is InChI=1S/C23H17Cl3N4OS/c1-14-11-18(26)7-10-20(14)27-21(31)13-32-23-29-28-22(15-3-2-4-17(25)12-15)30(23)19-8-5-16(24)6-9-19/h2-12H,13H2,1H3,(H,27,31). The summed E-state index contributed by atoms with van der Waals surface area (Å²) in [6.45, 7) is 1.89. The number of hydrogen-bond acceptors (Lipinski definition) is 4. The van der Waals surface area contributed by atoms with Crippen molar-refractivity contribution in [1.29, 1.82) is 0 Å². The van der Waals surface area contributed by atoms with E-state index in [4.69, 9.17) is 34.8 Å². The highest BCUT2D eigenvalue weighted by molar-refractivity contribution is 7.99. The Morgan fingerprint density at radius 1 is 0.938 bits per heavy atom. The van der Waals surface area contributed by atoms with Gasteiger partial charge in [-0.15, -0.1) is 10.2 Å². The van der Waals surface area contributed by atoms with Gasteiger partial charge in [0.15, 0.2) is 11.0 Å². The number of carbonyl (C=O) groups is 1. The van der Waals surface area contributed by atoms with Gasteiger partial charge >= 0.3 is 0 Å². The minimum Gasteiger partial charge on any atom is -0.325 e. The van der Waals surface area contributed by atoms with Crippen LogP contribution in [0.25, 0.3) is 17.1 Å². The Morgan fingerprint density at radius 2 is 1.66 bits per heavy atom. The molecule has 0 saturated heterocycles. The molecule has 0 fully saturated rings. The van der Waals surface area contributed by atoms with E-state index in [1.54, 1.807) is 36.4 Å². The number of nitrogens with zero attached hydrogens (tertiary/aromatic N) is 3. The van der Waals surface area contributed by atoms with E-state index >= 15 is 0 Å². The maximum atomic E-state index is 12.6. The van der Waals surface area contributed by atoms with E-state index in [9.17, 15) is 4.79 Å². The van der Waals surface area contributed by atoms with Gasteiger partial charge < -0.3 is 5.32 Å². The van der Waals surface area contributed by atoms with Crippen LogP contribution >= 0.6 is 46.6 Å². The highest BCUT2D eigenvalue weighted by atomic mass is 35.5. The number of rotatable bonds is 6. The predicted octanol–water partition coefficient (Wildman–Crippen LogP) is 6.93. The van der Waals surface area contributed by atoms with Gasteiger partial charge in [0.25, 0.3) is 0 Å². The van der Waals surface area contributed by atoms with Gasteiger partial charge in [0.2, 0.25) is 5.91 Å². The van der Waals surface area contributed by atoms with E-state index in [0.717, 1.165) is 22.5 Å². The van der Waals surface area contributed by atoms with Gasteiger partial charge in [-0.2, -0.15) is 0 Å². The normalized spacial score (nSPS) is 10.9. The summed E-state index contributed by atoms with van der Waals surface area (Å²) in [7, 11) is 0. The number of aryl methyl sites for hydroxylation is 1. The van der Waals surface area contributed by atoms with Crippen LogP contribution in [0, 0.1) is 6.92 Å². The zero-order valence-corrected chi connectivity index (χ0v) is 19.9. The fraction of sp³-hybridized carbons (Fsp3) is 0.0870. The van der Waals surface area contributed by atoms with Crippen LogP contribution in [0.3, 0.4) is 0 Å². The lowest BCUT2D eigenvalue weighted by molar-refractivity contribution is -0.113. The Bertz CT molecular complexity index is 1270. The third-order valence-corrected chi connectivity index (χ3v) is 6.25. The molecule has 0 saturated carbocycles. The third-order valence-electron chi connectivity index (χ3n) is 4.60. The quantitative estimate of drug-likeness (QED) is 0.290. The van der Waals surface area contributed by atoms with Gasteiger partial charge in [0, 0.05) is 32.0 Å². The van der Waals surface area contributed by atoms with Gasteiger partial charge in [-0.25, -0.2) is 0 Å². The molecule has 0 aliphatic heterocycles. The highest BCUT2D eigenvalue weighted by Crippen LogP contribution is 2.30. The number of hydrogen-bond donors (Lipinski definition) is 1. The van der Waals surface area contributed by atoms with Crippen LogP contribution in [0.2, 0.25) is 15.1 Å². The fourth-order valence-electron chi connectivity index (χ4n) is 3.08. The molecule has 0 unspecified atom stereocenters. The van der Waals surface area contributed by atoms with Crippen molar-refractivity contribution in [3.63, 3.8) is 0 Å². The molecule has 3 aromatic carbocycles. The minimum absolute atomic E-state index is 0.156. The van der Waals surface area contributed by atoms with Crippen LogP contribution in [0.15, 0.2) is 71.9 Å². The summed E-state index contributed by atoms with van der Waals surface area (Å²) in [5.74, 6) is 0.616. The molecule has 0 atom stereocenters. The van der Waals surface area contributed by atoms with E-state index in [0.29, 0.717) is 26.0 Å². The average molecular weight is 504 g/mol. The first-order valence-electron chi connectivity index (χ1n) is 9.57. The van der Waals surface area contributed by atoms with Gasteiger partial charge in [0.05, 0.1) is 5.75 Å². The Balaban J connectivity index is 1.60. The van der Waals surface area contributed by atoms with E-state index in [2.05, 4.69) is 15.5 Å². The number of halogens is 3. The lowest BCUT2D eigenvalue weighted by Gasteiger charge is -2.11. The number of amides is 1. The lowest BCUT2D eigenvalue weighted by atomic mass is 10.2. The smallest absolute Gasteiger partial charge is 0.234 e. The van der Waals surface area contributed by atoms with Crippen LogP contribution in [-0.2, 0) is 4.79 Å². The Kier molecular flexibility index (Phi) is 7.06. The van der Waals surface area contributed by atoms with Crippen molar-refractivity contribution in [3.8, 4) is 17.1 Å². The van der Waals surface area contributed by atoms with Crippen LogP contribution in [-0.4, -0.2) is 26.4 Å². The molecule has 5 nitrogen and oxygen atoms in total. The highest BCUT2D eigenvalue weighted by Gasteiger charge is 2.18. The lowest BCUT2D eigenvalue weighted by Crippen LogP contribution is -2.15. The number of nitrogens with one attached hydrogen (secondary N) is 1. The molecule has 0 radical (unpaired) electrons. The summed E-state index contributed by atoms with van der Waals surface area (Å²) in [5, 5.41) is 14.0. The van der Waals surface area contributed by atoms with Gasteiger partial charge in [-0.1, -0.05) is 58.7 Å². The summed E-state index contributed by atoms with van der Waals surface area (Å²) in [6.07, 6.45) is 0. The number of thioether (sulfide) groups is 1. The largest absolute Gasteiger partial charge is 0.325 e. The molecule has 4 aromatic rings. The van der Waals surface area contributed by atoms with Crippen molar-refractivity contribution in [2.45, 2.75) is 12.1 Å². The van der Waals surface area contributed by atoms with Crippen LogP contribution < -0.4 is 5.32 Å². The maximum Gasteiger partial charge on any atom is 0.234 e. The second-order valence-corrected chi connectivity index (χ2v) is 9.18. The van der Waals surface area contributed by atoms with Gasteiger partial charge in [-0.05, 0) is 67.1 Å². The second-order valence-electron chi connectivity index (χ2n) is 6.92. The molecule has 0 bridgehead atoms. The first-order chi connectivity index (χ1) is 15.4. The molecule has 1 N–H and O–H groups in total. The number of benzene rings is 3. The molecule has 0 spiro atoms. The summed E-state index contributed by atoms with van der Waals surface area (Å²) in [5.41, 5.74) is 3.25. The average Bonchev–Trinajstić information content (AvgIpc) is 3.19. The summed E-state index contributed by atoms with van der Waals surface area (Å²) >= 11 is 19.5. The van der Waals surface area contributed by atoms with Crippen molar-refractivity contribution >= 4 is 58.2 Å². The zero-order chi connectivity index (χ0) is 22.7. The fourth-order valence-corrected chi connectivity index (χ4v) is 4.38. The van der Waals surface area contributed by atoms with Crippen LogP contribution in [0.4, 0.5) is 5.69 Å². The van der Waals surface area contributed by atoms with Crippen molar-refractivity contribution < 1.29 is 4.79 Å². The Morgan fingerprint density at radius 3 is 2.38 bits per heavy atom. The van der Waals surface area contributed by atoms with Crippen molar-refractivity contribution in [1.82, 2.24) is 14.8 Å². The molecule has 0 aliphatic rings. The molecule has 1 heterocycles. The number of aromatic nitrogens is 3. The van der Waals surface area contributed by atoms with Crippen LogP contribution in [0.1, 0.15) is 5.56 Å². The number of carbonyl (C=O) groups excluding carboxylic acids is 1. The predicted molar refractivity (Wildman–Crippen MR) is 132 cm³/mol. The topological polar surface area (TPSA) is 59.8 Å². The summed E-state index contributed by atoms with van der Waals surface area (Å²) in [6, 6.07) is 20.1. The molecule has 0 aliphatic carbocycles. The molecular weight excluding hydrogens is 487 g/mol. The van der Waals surface area contributed by atoms with E-state index in [1.807, 2.05) is 41.8 Å². The van der Waals surface area contributed by atoms with Gasteiger partial charge in [-0.3, -0.25) is 9.36 Å². The molecular formula is C23H17Cl3N4OS. The van der Waals surface area contributed by atoms with Crippen molar-refractivity contribution in [3.05, 3.63) is 87.4 Å². The molecule has 4 rings (SSSR count). The Labute approximate surface area is 204 Å². The van der Waals surface area contributed by atoms with Crippen LogP contribution in [0.5, 0.6) is 0 Å². The van der Waals surface area contributed by atoms with Crippen molar-refractivity contribution in [2.24, 2.45) is 0 Å². The second kappa shape index (κ2) is 9.96. The molecule has 32 heavy (non-hydrogen) atoms. The van der Waals surface area contributed by atoms with E-state index in [-0.39, 0.29) is 11.7 Å². The molecule has 9 heteroatoms. The third kappa shape index (κ3) is 5.27. The molecule has 1 aromatic heterocycles. The van der Waals surface area contributed by atoms with Gasteiger partial charge in [0.1, 0.15) is 0 Å². The minimum atomic E-state index is -0.157. The summed E-state index contributed by atoms with van der Waals surface area (Å²) in [4.78, 5) is 12.6. The SMILES string of the molecule is Cc1cc(Cl)ccc1NC(=O)CSc1nnc(-c2cccc(Cl)c2)n1-c1ccc(Cl)cc1. The monoisotopic (exact) mass is 502 g/mol. The maximum absolute atomic E-state index is 12.6. The molecule has 162 valence electrons. The van der Waals surface area contributed by atoms with Crippen molar-refractivity contribution in [2.75, 3.05) is 11.1 Å². The first kappa shape index (κ1) is 22.7. The van der Waals surface area contributed by atoms with E-state index < -0.39 is 0 Å². The zero-order valence-electron chi connectivity index (χ0n) is 16.8.